The van der Waals surface area contributed by atoms with E-state index < -0.39 is 46.2 Å². The minimum Gasteiger partial charge on any atom is -0.396 e. The highest BCUT2D eigenvalue weighted by molar-refractivity contribution is 7.89. The number of nitrogens with one attached hydrogen (secondary N) is 1. The van der Waals surface area contributed by atoms with Crippen molar-refractivity contribution >= 4 is 38.3 Å². The van der Waals surface area contributed by atoms with Crippen molar-refractivity contribution in [1.29, 1.82) is 0 Å². The third-order valence-electron chi connectivity index (χ3n) is 6.65. The number of aliphatic hydroxyl groups is 1. The number of nitrogens with two attached hydrogens (primary N) is 2. The Labute approximate surface area is 234 Å². The summed E-state index contributed by atoms with van der Waals surface area (Å²) in [4.78, 5) is 24.9. The van der Waals surface area contributed by atoms with Crippen LogP contribution < -0.4 is 16.8 Å². The van der Waals surface area contributed by atoms with Crippen molar-refractivity contribution in [2.24, 2.45) is 11.7 Å². The van der Waals surface area contributed by atoms with Crippen LogP contribution in [0, 0.1) is 11.7 Å². The van der Waals surface area contributed by atoms with Gasteiger partial charge in [-0.1, -0.05) is 56.7 Å². The molecule has 11 heteroatoms. The number of rotatable bonds is 14. The second-order valence-electron chi connectivity index (χ2n) is 10.2. The molecular weight excluding hydrogens is 535 g/mol. The van der Waals surface area contributed by atoms with Gasteiger partial charge in [0.25, 0.3) is 0 Å². The number of hydrogen-bond donors (Lipinski definition) is 4. The molecule has 6 N–H and O–H groups in total. The Hall–Kier alpha value is -3.54. The first-order chi connectivity index (χ1) is 18.9. The number of anilines is 1. The maximum atomic E-state index is 13.6. The van der Waals surface area contributed by atoms with E-state index in [1.54, 1.807) is 12.1 Å². The fourth-order valence-electron chi connectivity index (χ4n) is 4.60. The van der Waals surface area contributed by atoms with Crippen molar-refractivity contribution in [1.82, 2.24) is 9.62 Å². The molecule has 0 heterocycles. The van der Waals surface area contributed by atoms with Crippen LogP contribution in [0.25, 0.3) is 10.8 Å². The first-order valence-electron chi connectivity index (χ1n) is 13.2. The maximum Gasteiger partial charge on any atom is 0.243 e. The van der Waals surface area contributed by atoms with Gasteiger partial charge in [-0.05, 0) is 59.4 Å². The number of nitrogen functional groups attached to an aromatic ring is 1. The van der Waals surface area contributed by atoms with Crippen molar-refractivity contribution in [3.05, 3.63) is 72.0 Å². The molecule has 0 spiro atoms. The zero-order valence-electron chi connectivity index (χ0n) is 22.7. The first-order valence-corrected chi connectivity index (χ1v) is 14.6. The van der Waals surface area contributed by atoms with E-state index in [-0.39, 0.29) is 29.6 Å². The van der Waals surface area contributed by atoms with Crippen LogP contribution in [-0.4, -0.2) is 55.4 Å². The quantitative estimate of drug-likeness (QED) is 0.132. The number of halogens is 1. The van der Waals surface area contributed by atoms with Gasteiger partial charge in [-0.2, -0.15) is 4.31 Å². The highest BCUT2D eigenvalue weighted by atomic mass is 32.2. The molecule has 0 aliphatic carbocycles. The second kappa shape index (κ2) is 13.7. The van der Waals surface area contributed by atoms with Crippen LogP contribution in [0.1, 0.15) is 44.6 Å². The van der Waals surface area contributed by atoms with Crippen LogP contribution in [0.3, 0.4) is 0 Å². The number of amides is 2. The minimum absolute atomic E-state index is 0.0400. The molecule has 0 aliphatic heterocycles. The monoisotopic (exact) mass is 572 g/mol. The van der Waals surface area contributed by atoms with E-state index in [1.165, 1.54) is 4.31 Å². The molecule has 40 heavy (non-hydrogen) atoms. The number of sulfonamides is 1. The molecular formula is C29H37FN4O5S. The van der Waals surface area contributed by atoms with Crippen molar-refractivity contribution in [2.45, 2.75) is 50.0 Å². The van der Waals surface area contributed by atoms with Crippen LogP contribution >= 0.6 is 0 Å². The van der Waals surface area contributed by atoms with E-state index in [2.05, 4.69) is 5.32 Å². The van der Waals surface area contributed by atoms with Gasteiger partial charge in [0.2, 0.25) is 21.8 Å². The standard InChI is InChI=1S/C29H37FN4O5S/c1-19(2)17-34(40(38,39)24-12-13-25(30)26(31)16-24)23(18-35)9-5-6-14-33-29(37)27(28(32)36)22-11-10-20-7-3-4-8-21(20)15-22/h3-4,7-8,10-13,15-16,19,23,27,35H,5-6,9,14,17-18,31H2,1-2H3,(H2,32,36)(H,33,37). The summed E-state index contributed by atoms with van der Waals surface area (Å²) in [5.41, 5.74) is 11.4. The van der Waals surface area contributed by atoms with Crippen molar-refractivity contribution in [2.75, 3.05) is 25.4 Å². The average Bonchev–Trinajstić information content (AvgIpc) is 2.90. The molecule has 0 bridgehead atoms. The predicted octanol–water partition coefficient (Wildman–Crippen LogP) is 3.12. The maximum absolute atomic E-state index is 13.6. The lowest BCUT2D eigenvalue weighted by Gasteiger charge is -2.31. The molecule has 3 aromatic carbocycles. The molecule has 9 nitrogen and oxygen atoms in total. The Morgan fingerprint density at radius 3 is 2.35 bits per heavy atom. The summed E-state index contributed by atoms with van der Waals surface area (Å²) < 4.78 is 41.7. The molecule has 0 aromatic heterocycles. The van der Waals surface area contributed by atoms with E-state index in [0.29, 0.717) is 24.8 Å². The van der Waals surface area contributed by atoms with Gasteiger partial charge in [-0.3, -0.25) is 9.59 Å². The molecule has 216 valence electrons. The van der Waals surface area contributed by atoms with Crippen molar-refractivity contribution < 1.29 is 27.5 Å². The smallest absolute Gasteiger partial charge is 0.243 e. The zero-order valence-corrected chi connectivity index (χ0v) is 23.5. The number of aliphatic hydroxyl groups excluding tert-OH is 1. The predicted molar refractivity (Wildman–Crippen MR) is 153 cm³/mol. The summed E-state index contributed by atoms with van der Waals surface area (Å²) in [6, 6.07) is 15.4. The summed E-state index contributed by atoms with van der Waals surface area (Å²) in [5, 5.41) is 14.7. The third-order valence-corrected chi connectivity index (χ3v) is 8.57. The molecule has 2 amide bonds. The summed E-state index contributed by atoms with van der Waals surface area (Å²) in [5.74, 6) is -3.18. The Balaban J connectivity index is 1.63. The highest BCUT2D eigenvalue weighted by Crippen LogP contribution is 2.25. The normalized spacial score (nSPS) is 13.4. The molecule has 0 radical (unpaired) electrons. The topological polar surface area (TPSA) is 156 Å². The van der Waals surface area contributed by atoms with Crippen LogP contribution in [0.2, 0.25) is 0 Å². The number of carbonyl (C=O) groups excluding carboxylic acids is 2. The Morgan fingerprint density at radius 1 is 1.02 bits per heavy atom. The average molecular weight is 573 g/mol. The number of fused-ring (bicyclic) bond motifs is 1. The molecule has 2 atom stereocenters. The van der Waals surface area contributed by atoms with Gasteiger partial charge in [-0.25, -0.2) is 12.8 Å². The number of hydrogen-bond acceptors (Lipinski definition) is 6. The van der Waals surface area contributed by atoms with Crippen LogP contribution in [0.5, 0.6) is 0 Å². The lowest BCUT2D eigenvalue weighted by atomic mass is 9.95. The molecule has 0 fully saturated rings. The Bertz CT molecular complexity index is 1450. The molecule has 3 aromatic rings. The van der Waals surface area contributed by atoms with E-state index in [4.69, 9.17) is 11.5 Å². The molecule has 2 unspecified atom stereocenters. The largest absolute Gasteiger partial charge is 0.396 e. The lowest BCUT2D eigenvalue weighted by Crippen LogP contribution is -2.44. The van der Waals surface area contributed by atoms with Crippen LogP contribution in [-0.2, 0) is 19.6 Å². The first kappa shape index (κ1) is 31.0. The number of primary amides is 1. The van der Waals surface area contributed by atoms with Crippen LogP contribution in [0.15, 0.2) is 65.6 Å². The molecule has 0 saturated heterocycles. The van der Waals surface area contributed by atoms with Gasteiger partial charge < -0.3 is 21.9 Å². The molecule has 0 saturated carbocycles. The number of carbonyl (C=O) groups is 2. The van der Waals surface area contributed by atoms with Gasteiger partial charge in [0.1, 0.15) is 11.7 Å². The summed E-state index contributed by atoms with van der Waals surface area (Å²) >= 11 is 0. The van der Waals surface area contributed by atoms with Gasteiger partial charge in [0.05, 0.1) is 17.2 Å². The van der Waals surface area contributed by atoms with Gasteiger partial charge >= 0.3 is 0 Å². The fraction of sp³-hybridized carbons (Fsp3) is 0.379. The minimum atomic E-state index is -4.06. The van der Waals surface area contributed by atoms with Crippen molar-refractivity contribution in [3.63, 3.8) is 0 Å². The van der Waals surface area contributed by atoms with E-state index >= 15 is 0 Å². The molecule has 3 rings (SSSR count). The summed E-state index contributed by atoms with van der Waals surface area (Å²) in [6.07, 6.45) is 1.28. The summed E-state index contributed by atoms with van der Waals surface area (Å²) in [6.45, 7) is 3.68. The van der Waals surface area contributed by atoms with Crippen LogP contribution in [0.4, 0.5) is 10.1 Å². The molecule has 0 aliphatic rings. The SMILES string of the molecule is CC(C)CN(C(CO)CCCCNC(=O)C(C(N)=O)c1ccc2ccccc2c1)S(=O)(=O)c1ccc(F)c(N)c1. The lowest BCUT2D eigenvalue weighted by molar-refractivity contribution is -0.129. The van der Waals surface area contributed by atoms with Gasteiger partial charge in [0.15, 0.2) is 0 Å². The number of unbranched alkanes of at least 4 members (excludes halogenated alkanes) is 1. The Morgan fingerprint density at radius 2 is 1.73 bits per heavy atom. The third kappa shape index (κ3) is 7.56. The second-order valence-corrected chi connectivity index (χ2v) is 12.1. The summed E-state index contributed by atoms with van der Waals surface area (Å²) in [7, 11) is -4.06. The van der Waals surface area contributed by atoms with Crippen molar-refractivity contribution in [3.8, 4) is 0 Å². The van der Waals surface area contributed by atoms with E-state index in [0.717, 1.165) is 29.0 Å². The zero-order chi connectivity index (χ0) is 29.4. The fourth-order valence-corrected chi connectivity index (χ4v) is 6.44. The Kier molecular flexibility index (Phi) is 10.6. The highest BCUT2D eigenvalue weighted by Gasteiger charge is 2.32. The number of nitrogens with zero attached hydrogens (tertiary/aromatic N) is 1. The van der Waals surface area contributed by atoms with E-state index in [9.17, 15) is 27.5 Å². The number of benzene rings is 3. The van der Waals surface area contributed by atoms with Gasteiger partial charge in [-0.15, -0.1) is 0 Å². The van der Waals surface area contributed by atoms with Gasteiger partial charge in [0, 0.05) is 19.1 Å². The van der Waals surface area contributed by atoms with E-state index in [1.807, 2.05) is 44.2 Å².